The standard InChI is InChI=1S/C17H24/c1-2-3-4-5-6-7-10-15-11-8-12-16-13-9-14-17(15)16/h8-9,11-12,14H,2-7,10,13H2,1H3. The van der Waals surface area contributed by atoms with Crippen molar-refractivity contribution in [1.29, 1.82) is 0 Å². The van der Waals surface area contributed by atoms with Crippen LogP contribution in [0.2, 0.25) is 0 Å². The van der Waals surface area contributed by atoms with E-state index in [-0.39, 0.29) is 0 Å². The molecule has 0 atom stereocenters. The largest absolute Gasteiger partial charge is 0.0795 e. The predicted molar refractivity (Wildman–Crippen MR) is 76.3 cm³/mol. The number of hydrogen-bond acceptors (Lipinski definition) is 0. The molecule has 0 amide bonds. The first-order chi connectivity index (χ1) is 8.42. The monoisotopic (exact) mass is 228 g/mol. The third-order valence-corrected chi connectivity index (χ3v) is 3.71. The van der Waals surface area contributed by atoms with E-state index in [0.717, 1.165) is 6.42 Å². The van der Waals surface area contributed by atoms with Crippen LogP contribution in [0.3, 0.4) is 0 Å². The molecule has 0 radical (unpaired) electrons. The van der Waals surface area contributed by atoms with Gasteiger partial charge in [0.15, 0.2) is 0 Å². The van der Waals surface area contributed by atoms with E-state index < -0.39 is 0 Å². The smallest absolute Gasteiger partial charge is 0.00881 e. The fourth-order valence-electron chi connectivity index (χ4n) is 2.68. The van der Waals surface area contributed by atoms with E-state index in [0.29, 0.717) is 0 Å². The van der Waals surface area contributed by atoms with Crippen LogP contribution in [0.1, 0.15) is 62.1 Å². The molecule has 1 aliphatic rings. The Morgan fingerprint density at radius 2 is 1.82 bits per heavy atom. The molecule has 0 nitrogen and oxygen atoms in total. The Kier molecular flexibility index (Phi) is 4.85. The number of rotatable bonds is 7. The summed E-state index contributed by atoms with van der Waals surface area (Å²) in [7, 11) is 0. The Balaban J connectivity index is 1.76. The highest BCUT2D eigenvalue weighted by atomic mass is 14.1. The molecular formula is C17H24. The van der Waals surface area contributed by atoms with Crippen LogP contribution in [-0.4, -0.2) is 0 Å². The van der Waals surface area contributed by atoms with Crippen LogP contribution in [-0.2, 0) is 12.8 Å². The van der Waals surface area contributed by atoms with Crippen molar-refractivity contribution in [2.75, 3.05) is 0 Å². The van der Waals surface area contributed by atoms with Gasteiger partial charge in [-0.2, -0.15) is 0 Å². The Morgan fingerprint density at radius 1 is 1.00 bits per heavy atom. The van der Waals surface area contributed by atoms with Crippen molar-refractivity contribution in [2.24, 2.45) is 0 Å². The zero-order valence-electron chi connectivity index (χ0n) is 11.0. The summed E-state index contributed by atoms with van der Waals surface area (Å²) < 4.78 is 0. The molecule has 1 aromatic carbocycles. The van der Waals surface area contributed by atoms with Crippen LogP contribution < -0.4 is 0 Å². The molecule has 0 heterocycles. The number of benzene rings is 1. The fourth-order valence-corrected chi connectivity index (χ4v) is 2.68. The second-order valence-corrected chi connectivity index (χ2v) is 5.11. The summed E-state index contributed by atoms with van der Waals surface area (Å²) in [6.07, 6.45) is 15.3. The molecule has 1 aromatic rings. The maximum Gasteiger partial charge on any atom is -0.00881 e. The molecule has 2 rings (SSSR count). The molecule has 0 bridgehead atoms. The summed E-state index contributed by atoms with van der Waals surface area (Å²) >= 11 is 0. The summed E-state index contributed by atoms with van der Waals surface area (Å²) in [6.45, 7) is 2.28. The van der Waals surface area contributed by atoms with Gasteiger partial charge < -0.3 is 0 Å². The zero-order chi connectivity index (χ0) is 11.9. The van der Waals surface area contributed by atoms with Gasteiger partial charge in [0.25, 0.3) is 0 Å². The van der Waals surface area contributed by atoms with Crippen molar-refractivity contribution in [3.63, 3.8) is 0 Å². The number of aryl methyl sites for hydroxylation is 1. The number of unbranched alkanes of at least 4 members (excludes halogenated alkanes) is 5. The minimum Gasteiger partial charge on any atom is -0.0795 e. The molecule has 0 aromatic heterocycles. The van der Waals surface area contributed by atoms with Gasteiger partial charge in [0.05, 0.1) is 0 Å². The van der Waals surface area contributed by atoms with Gasteiger partial charge in [-0.3, -0.25) is 0 Å². The lowest BCUT2D eigenvalue weighted by Crippen LogP contribution is -1.92. The van der Waals surface area contributed by atoms with E-state index >= 15 is 0 Å². The second kappa shape index (κ2) is 6.64. The van der Waals surface area contributed by atoms with Crippen LogP contribution >= 0.6 is 0 Å². The molecule has 0 fully saturated rings. The number of fused-ring (bicyclic) bond motifs is 1. The van der Waals surface area contributed by atoms with Crippen LogP contribution in [0.5, 0.6) is 0 Å². The van der Waals surface area contributed by atoms with Crippen molar-refractivity contribution < 1.29 is 0 Å². The zero-order valence-corrected chi connectivity index (χ0v) is 11.0. The lowest BCUT2D eigenvalue weighted by Gasteiger charge is -2.07. The average Bonchev–Trinajstić information content (AvgIpc) is 2.82. The molecule has 0 spiro atoms. The van der Waals surface area contributed by atoms with Gasteiger partial charge in [-0.05, 0) is 36.0 Å². The Bertz CT molecular complexity index is 374. The molecular weight excluding hydrogens is 204 g/mol. The molecule has 17 heavy (non-hydrogen) atoms. The first-order valence-electron chi connectivity index (χ1n) is 7.19. The van der Waals surface area contributed by atoms with E-state index in [2.05, 4.69) is 37.3 Å². The highest BCUT2D eigenvalue weighted by Gasteiger charge is 2.08. The lowest BCUT2D eigenvalue weighted by atomic mass is 9.98. The quantitative estimate of drug-likeness (QED) is 0.565. The highest BCUT2D eigenvalue weighted by molar-refractivity contribution is 5.63. The Hall–Kier alpha value is -1.04. The average molecular weight is 228 g/mol. The topological polar surface area (TPSA) is 0 Å². The Morgan fingerprint density at radius 3 is 2.71 bits per heavy atom. The summed E-state index contributed by atoms with van der Waals surface area (Å²) in [5.41, 5.74) is 4.60. The van der Waals surface area contributed by atoms with Crippen LogP contribution in [0.15, 0.2) is 24.3 Å². The normalized spacial score (nSPS) is 13.0. The first-order valence-corrected chi connectivity index (χ1v) is 7.19. The Labute approximate surface area is 106 Å². The van der Waals surface area contributed by atoms with Crippen molar-refractivity contribution in [3.8, 4) is 0 Å². The first kappa shape index (κ1) is 12.4. The summed E-state index contributed by atoms with van der Waals surface area (Å²) in [5, 5.41) is 0. The van der Waals surface area contributed by atoms with E-state index in [1.54, 1.807) is 5.56 Å². The van der Waals surface area contributed by atoms with Crippen molar-refractivity contribution in [2.45, 2.75) is 58.3 Å². The molecule has 0 aliphatic heterocycles. The van der Waals surface area contributed by atoms with Crippen molar-refractivity contribution >= 4 is 6.08 Å². The minimum atomic E-state index is 1.14. The third kappa shape index (κ3) is 3.46. The molecule has 1 aliphatic carbocycles. The SMILES string of the molecule is CCCCCCCCc1cccc2c1C=CC2. The molecule has 0 N–H and O–H groups in total. The molecule has 92 valence electrons. The number of allylic oxidation sites excluding steroid dienone is 1. The van der Waals surface area contributed by atoms with Gasteiger partial charge in [0.1, 0.15) is 0 Å². The van der Waals surface area contributed by atoms with Crippen LogP contribution in [0.25, 0.3) is 6.08 Å². The van der Waals surface area contributed by atoms with E-state index in [1.165, 1.54) is 56.1 Å². The van der Waals surface area contributed by atoms with Gasteiger partial charge >= 0.3 is 0 Å². The maximum absolute atomic E-state index is 2.31. The van der Waals surface area contributed by atoms with Crippen LogP contribution in [0, 0.1) is 0 Å². The molecule has 0 saturated heterocycles. The van der Waals surface area contributed by atoms with Gasteiger partial charge in [-0.1, -0.05) is 69.4 Å². The third-order valence-electron chi connectivity index (χ3n) is 3.71. The summed E-state index contributed by atoms with van der Waals surface area (Å²) in [4.78, 5) is 0. The maximum atomic E-state index is 2.31. The van der Waals surface area contributed by atoms with Gasteiger partial charge in [0.2, 0.25) is 0 Å². The lowest BCUT2D eigenvalue weighted by molar-refractivity contribution is 0.607. The predicted octanol–water partition coefficient (Wildman–Crippen LogP) is 5.16. The van der Waals surface area contributed by atoms with Crippen molar-refractivity contribution in [3.05, 3.63) is 41.0 Å². The molecule has 0 unspecified atom stereocenters. The van der Waals surface area contributed by atoms with E-state index in [4.69, 9.17) is 0 Å². The molecule has 0 saturated carbocycles. The minimum absolute atomic E-state index is 1.14. The van der Waals surface area contributed by atoms with E-state index in [9.17, 15) is 0 Å². The highest BCUT2D eigenvalue weighted by Crippen LogP contribution is 2.24. The molecule has 0 heteroatoms. The van der Waals surface area contributed by atoms with Gasteiger partial charge in [-0.25, -0.2) is 0 Å². The number of hydrogen-bond donors (Lipinski definition) is 0. The summed E-state index contributed by atoms with van der Waals surface area (Å²) in [5.74, 6) is 0. The van der Waals surface area contributed by atoms with Gasteiger partial charge in [0, 0.05) is 0 Å². The summed E-state index contributed by atoms with van der Waals surface area (Å²) in [6, 6.07) is 6.79. The van der Waals surface area contributed by atoms with Gasteiger partial charge in [-0.15, -0.1) is 0 Å². The van der Waals surface area contributed by atoms with Crippen LogP contribution in [0.4, 0.5) is 0 Å². The second-order valence-electron chi connectivity index (χ2n) is 5.11. The van der Waals surface area contributed by atoms with E-state index in [1.807, 2.05) is 0 Å². The van der Waals surface area contributed by atoms with Crippen molar-refractivity contribution in [1.82, 2.24) is 0 Å². The fraction of sp³-hybridized carbons (Fsp3) is 0.529.